The highest BCUT2D eigenvalue weighted by Crippen LogP contribution is 2.22. The molecule has 0 bridgehead atoms. The van der Waals surface area contributed by atoms with Crippen LogP contribution in [0.15, 0.2) is 16.6 Å². The number of carbonyl (C=O) groups excluding carboxylic acids is 1. The number of carbonyl (C=O) groups is 1. The third kappa shape index (κ3) is 4.01. The Morgan fingerprint density at radius 1 is 1.53 bits per heavy atom. The van der Waals surface area contributed by atoms with Gasteiger partial charge in [-0.15, -0.1) is 0 Å². The SMILES string of the molecule is Cc1nc(NC(=O)CC2CCS(=O)(=O)C2)ccc1Br. The van der Waals surface area contributed by atoms with E-state index in [1.165, 1.54) is 0 Å². The molecule has 5 nitrogen and oxygen atoms in total. The fourth-order valence-corrected chi connectivity index (χ4v) is 4.19. The van der Waals surface area contributed by atoms with Crippen LogP contribution in [-0.4, -0.2) is 30.8 Å². The zero-order chi connectivity index (χ0) is 14.0. The van der Waals surface area contributed by atoms with Crippen molar-refractivity contribution in [3.05, 3.63) is 22.3 Å². The van der Waals surface area contributed by atoms with Gasteiger partial charge in [0, 0.05) is 10.9 Å². The summed E-state index contributed by atoms with van der Waals surface area (Å²) in [7, 11) is -2.93. The fourth-order valence-electron chi connectivity index (χ4n) is 2.10. The van der Waals surface area contributed by atoms with E-state index in [4.69, 9.17) is 0 Å². The summed E-state index contributed by atoms with van der Waals surface area (Å²) in [6.45, 7) is 1.84. The molecule has 0 aromatic carbocycles. The second-order valence-electron chi connectivity index (χ2n) is 4.79. The van der Waals surface area contributed by atoms with Crippen LogP contribution in [0.3, 0.4) is 0 Å². The van der Waals surface area contributed by atoms with E-state index in [1.54, 1.807) is 6.07 Å². The summed E-state index contributed by atoms with van der Waals surface area (Å²) in [5, 5.41) is 2.70. The molecule has 1 aliphatic rings. The second-order valence-corrected chi connectivity index (χ2v) is 7.87. The topological polar surface area (TPSA) is 76.1 Å². The summed E-state index contributed by atoms with van der Waals surface area (Å²) in [6.07, 6.45) is 0.804. The van der Waals surface area contributed by atoms with Gasteiger partial charge in [0.15, 0.2) is 9.84 Å². The van der Waals surface area contributed by atoms with Crippen molar-refractivity contribution in [2.45, 2.75) is 19.8 Å². The van der Waals surface area contributed by atoms with Crippen molar-refractivity contribution in [3.63, 3.8) is 0 Å². The molecule has 0 aliphatic carbocycles. The van der Waals surface area contributed by atoms with Gasteiger partial charge in [0.1, 0.15) is 5.82 Å². The lowest BCUT2D eigenvalue weighted by atomic mass is 10.1. The Morgan fingerprint density at radius 2 is 2.26 bits per heavy atom. The minimum atomic E-state index is -2.93. The van der Waals surface area contributed by atoms with Gasteiger partial charge in [-0.2, -0.15) is 0 Å². The molecule has 0 radical (unpaired) electrons. The van der Waals surface area contributed by atoms with E-state index in [-0.39, 0.29) is 29.8 Å². The number of amides is 1. The molecule has 19 heavy (non-hydrogen) atoms. The second kappa shape index (κ2) is 5.58. The van der Waals surface area contributed by atoms with Crippen molar-refractivity contribution in [2.75, 3.05) is 16.8 Å². The van der Waals surface area contributed by atoms with Crippen LogP contribution in [0.5, 0.6) is 0 Å². The molecule has 1 amide bonds. The normalized spacial score (nSPS) is 21.3. The van der Waals surface area contributed by atoms with Crippen LogP contribution in [0.4, 0.5) is 5.82 Å². The molecule has 1 unspecified atom stereocenters. The Hall–Kier alpha value is -0.950. The Kier molecular flexibility index (Phi) is 4.25. The predicted octanol–water partition coefficient (Wildman–Crippen LogP) is 1.92. The van der Waals surface area contributed by atoms with Crippen molar-refractivity contribution in [1.82, 2.24) is 4.98 Å². The Bertz CT molecular complexity index is 601. The fraction of sp³-hybridized carbons (Fsp3) is 0.500. The monoisotopic (exact) mass is 346 g/mol. The van der Waals surface area contributed by atoms with Gasteiger partial charge >= 0.3 is 0 Å². The molecule has 1 N–H and O–H groups in total. The number of anilines is 1. The van der Waals surface area contributed by atoms with E-state index in [0.29, 0.717) is 12.2 Å². The third-order valence-corrected chi connectivity index (χ3v) is 5.76. The Labute approximate surface area is 120 Å². The Morgan fingerprint density at radius 3 is 2.84 bits per heavy atom. The molecule has 2 heterocycles. The minimum Gasteiger partial charge on any atom is -0.311 e. The van der Waals surface area contributed by atoms with Crippen LogP contribution in [-0.2, 0) is 14.6 Å². The van der Waals surface area contributed by atoms with Gasteiger partial charge in [0.25, 0.3) is 0 Å². The molecular formula is C12H15BrN2O3S. The van der Waals surface area contributed by atoms with Gasteiger partial charge in [-0.25, -0.2) is 13.4 Å². The molecule has 2 rings (SSSR count). The number of sulfone groups is 1. The van der Waals surface area contributed by atoms with Crippen LogP contribution in [0.1, 0.15) is 18.5 Å². The van der Waals surface area contributed by atoms with Gasteiger partial charge in [0.2, 0.25) is 5.91 Å². The number of halogens is 1. The summed E-state index contributed by atoms with van der Waals surface area (Å²) in [5.41, 5.74) is 0.793. The smallest absolute Gasteiger partial charge is 0.225 e. The average Bonchev–Trinajstić information content (AvgIpc) is 2.63. The van der Waals surface area contributed by atoms with Crippen molar-refractivity contribution in [1.29, 1.82) is 0 Å². The number of rotatable bonds is 3. The number of pyridine rings is 1. The molecule has 1 aromatic rings. The lowest BCUT2D eigenvalue weighted by molar-refractivity contribution is -0.116. The molecule has 7 heteroatoms. The first-order chi connectivity index (χ1) is 8.85. The number of aromatic nitrogens is 1. The maximum absolute atomic E-state index is 11.8. The summed E-state index contributed by atoms with van der Waals surface area (Å²) >= 11 is 3.34. The number of hydrogen-bond acceptors (Lipinski definition) is 4. The first-order valence-corrected chi connectivity index (χ1v) is 8.60. The molecule has 0 spiro atoms. The van der Waals surface area contributed by atoms with Crippen LogP contribution in [0, 0.1) is 12.8 Å². The third-order valence-electron chi connectivity index (χ3n) is 3.09. The summed E-state index contributed by atoms with van der Waals surface area (Å²) in [6, 6.07) is 3.53. The molecule has 1 fully saturated rings. The van der Waals surface area contributed by atoms with E-state index in [0.717, 1.165) is 10.2 Å². The Balaban J connectivity index is 1.93. The highest BCUT2D eigenvalue weighted by molar-refractivity contribution is 9.10. The average molecular weight is 347 g/mol. The van der Waals surface area contributed by atoms with E-state index in [1.807, 2.05) is 13.0 Å². The number of nitrogens with one attached hydrogen (secondary N) is 1. The van der Waals surface area contributed by atoms with E-state index >= 15 is 0 Å². The van der Waals surface area contributed by atoms with Gasteiger partial charge in [-0.3, -0.25) is 4.79 Å². The first kappa shape index (κ1) is 14.5. The van der Waals surface area contributed by atoms with Crippen LogP contribution in [0.25, 0.3) is 0 Å². The number of hydrogen-bond donors (Lipinski definition) is 1. The van der Waals surface area contributed by atoms with Gasteiger partial charge in [-0.1, -0.05) is 0 Å². The lowest BCUT2D eigenvalue weighted by Gasteiger charge is -2.09. The standard InChI is InChI=1S/C12H15BrN2O3S/c1-8-10(13)2-3-11(14-8)15-12(16)6-9-4-5-19(17,18)7-9/h2-3,9H,4-7H2,1H3,(H,14,15,16). The zero-order valence-corrected chi connectivity index (χ0v) is 12.9. The zero-order valence-electron chi connectivity index (χ0n) is 10.5. The molecule has 1 aromatic heterocycles. The maximum Gasteiger partial charge on any atom is 0.225 e. The van der Waals surface area contributed by atoms with Crippen LogP contribution in [0.2, 0.25) is 0 Å². The van der Waals surface area contributed by atoms with Gasteiger partial charge in [0.05, 0.1) is 17.2 Å². The largest absolute Gasteiger partial charge is 0.311 e. The highest BCUT2D eigenvalue weighted by Gasteiger charge is 2.29. The molecule has 1 aliphatic heterocycles. The van der Waals surface area contributed by atoms with Crippen LogP contribution >= 0.6 is 15.9 Å². The number of nitrogens with zero attached hydrogens (tertiary/aromatic N) is 1. The molecule has 104 valence electrons. The van der Waals surface area contributed by atoms with Crippen molar-refractivity contribution in [3.8, 4) is 0 Å². The van der Waals surface area contributed by atoms with Crippen molar-refractivity contribution >= 4 is 37.5 Å². The molecular weight excluding hydrogens is 332 g/mol. The summed E-state index contributed by atoms with van der Waals surface area (Å²) < 4.78 is 23.5. The van der Waals surface area contributed by atoms with Crippen LogP contribution < -0.4 is 5.32 Å². The lowest BCUT2D eigenvalue weighted by Crippen LogP contribution is -2.18. The van der Waals surface area contributed by atoms with Crippen molar-refractivity contribution < 1.29 is 13.2 Å². The molecule has 1 saturated heterocycles. The first-order valence-electron chi connectivity index (χ1n) is 5.99. The quantitative estimate of drug-likeness (QED) is 0.906. The maximum atomic E-state index is 11.8. The van der Waals surface area contributed by atoms with E-state index < -0.39 is 9.84 Å². The summed E-state index contributed by atoms with van der Waals surface area (Å²) in [4.78, 5) is 16.0. The van der Waals surface area contributed by atoms with Crippen molar-refractivity contribution in [2.24, 2.45) is 5.92 Å². The molecule has 1 atom stereocenters. The summed E-state index contributed by atoms with van der Waals surface area (Å²) in [5.74, 6) is 0.554. The van der Waals surface area contributed by atoms with Gasteiger partial charge in [-0.05, 0) is 47.3 Å². The van der Waals surface area contributed by atoms with E-state index in [2.05, 4.69) is 26.2 Å². The molecule has 0 saturated carbocycles. The van der Waals surface area contributed by atoms with Gasteiger partial charge < -0.3 is 5.32 Å². The predicted molar refractivity (Wildman–Crippen MR) is 76.7 cm³/mol. The minimum absolute atomic E-state index is 0.0680. The highest BCUT2D eigenvalue weighted by atomic mass is 79.9. The van der Waals surface area contributed by atoms with E-state index in [9.17, 15) is 13.2 Å². The number of aryl methyl sites for hydroxylation is 1.